The highest BCUT2D eigenvalue weighted by molar-refractivity contribution is 5.97. The molecule has 3 rings (SSSR count). The molecular formula is C13H12N2O. The van der Waals surface area contributed by atoms with Crippen molar-refractivity contribution < 1.29 is 4.79 Å². The van der Waals surface area contributed by atoms with Gasteiger partial charge in [-0.15, -0.1) is 0 Å². The number of fused-ring (bicyclic) bond motifs is 1. The van der Waals surface area contributed by atoms with E-state index in [1.54, 1.807) is 13.0 Å². The highest BCUT2D eigenvalue weighted by Gasteiger charge is 2.25. The molecule has 3 heteroatoms. The van der Waals surface area contributed by atoms with Crippen LogP contribution >= 0.6 is 0 Å². The van der Waals surface area contributed by atoms with Gasteiger partial charge in [0.25, 0.3) is 0 Å². The molecule has 0 spiro atoms. The van der Waals surface area contributed by atoms with Gasteiger partial charge in [-0.2, -0.15) is 0 Å². The lowest BCUT2D eigenvalue weighted by atomic mass is 10.1. The fourth-order valence-electron chi connectivity index (χ4n) is 1.82. The third-order valence-corrected chi connectivity index (χ3v) is 2.96. The number of carbonyl (C=O) groups excluding carboxylic acids is 1. The normalized spacial score (nSPS) is 15.3. The fourth-order valence-corrected chi connectivity index (χ4v) is 1.82. The lowest BCUT2D eigenvalue weighted by Crippen LogP contribution is -1.95. The zero-order valence-electron chi connectivity index (χ0n) is 9.10. The second-order valence-electron chi connectivity index (χ2n) is 4.33. The number of ketones is 1. The van der Waals surface area contributed by atoms with E-state index in [9.17, 15) is 4.79 Å². The van der Waals surface area contributed by atoms with Gasteiger partial charge in [-0.3, -0.25) is 9.78 Å². The van der Waals surface area contributed by atoms with Crippen LogP contribution in [0.1, 0.15) is 41.7 Å². The highest BCUT2D eigenvalue weighted by Crippen LogP contribution is 2.38. The Morgan fingerprint density at radius 2 is 2.12 bits per heavy atom. The largest absolute Gasteiger partial charge is 0.295 e. The van der Waals surface area contributed by atoms with E-state index in [4.69, 9.17) is 0 Å². The summed E-state index contributed by atoms with van der Waals surface area (Å²) in [6.07, 6.45) is 4.28. The summed E-state index contributed by atoms with van der Waals surface area (Å²) in [5.41, 5.74) is 3.45. The van der Waals surface area contributed by atoms with Crippen LogP contribution in [0.15, 0.2) is 24.4 Å². The summed E-state index contributed by atoms with van der Waals surface area (Å²) in [5, 5.41) is 0. The summed E-state index contributed by atoms with van der Waals surface area (Å²) in [5.74, 6) is 0.665. The summed E-state index contributed by atoms with van der Waals surface area (Å²) in [4.78, 5) is 20.2. The first-order chi connectivity index (χ1) is 7.74. The Kier molecular flexibility index (Phi) is 1.99. The first kappa shape index (κ1) is 9.46. The highest BCUT2D eigenvalue weighted by atomic mass is 16.1. The summed E-state index contributed by atoms with van der Waals surface area (Å²) < 4.78 is 0. The van der Waals surface area contributed by atoms with Gasteiger partial charge in [-0.05, 0) is 38.0 Å². The van der Waals surface area contributed by atoms with Gasteiger partial charge in [-0.25, -0.2) is 4.98 Å². The topological polar surface area (TPSA) is 42.9 Å². The number of nitrogens with zero attached hydrogens (tertiary/aromatic N) is 2. The molecule has 16 heavy (non-hydrogen) atoms. The molecule has 1 aromatic carbocycles. The lowest BCUT2D eigenvalue weighted by molar-refractivity contribution is 0.101. The van der Waals surface area contributed by atoms with E-state index in [-0.39, 0.29) is 5.78 Å². The van der Waals surface area contributed by atoms with Crippen LogP contribution in [-0.4, -0.2) is 15.8 Å². The molecule has 0 N–H and O–H groups in total. The Morgan fingerprint density at radius 3 is 2.81 bits per heavy atom. The molecule has 0 bridgehead atoms. The molecule has 1 fully saturated rings. The second-order valence-corrected chi connectivity index (χ2v) is 4.33. The predicted octanol–water partition coefficient (Wildman–Crippen LogP) is 2.71. The number of aromatic nitrogens is 2. The van der Waals surface area contributed by atoms with Crippen LogP contribution in [0, 0.1) is 0 Å². The zero-order chi connectivity index (χ0) is 11.1. The molecule has 1 saturated carbocycles. The van der Waals surface area contributed by atoms with E-state index >= 15 is 0 Å². The van der Waals surface area contributed by atoms with Crippen molar-refractivity contribution in [2.24, 2.45) is 0 Å². The van der Waals surface area contributed by atoms with Gasteiger partial charge < -0.3 is 0 Å². The lowest BCUT2D eigenvalue weighted by Gasteiger charge is -2.02. The number of Topliss-reactive ketones (excluding diaryl/α,β-unsaturated/α-hetero) is 1. The summed E-state index contributed by atoms with van der Waals surface area (Å²) in [6.45, 7) is 1.57. The van der Waals surface area contributed by atoms with Gasteiger partial charge in [0.2, 0.25) is 0 Å². The number of hydrogen-bond donors (Lipinski definition) is 0. The van der Waals surface area contributed by atoms with E-state index in [1.165, 1.54) is 12.8 Å². The van der Waals surface area contributed by atoms with Crippen LogP contribution in [0.3, 0.4) is 0 Å². The Labute approximate surface area is 93.5 Å². The smallest absolute Gasteiger partial charge is 0.159 e. The molecule has 2 aromatic rings. The van der Waals surface area contributed by atoms with E-state index in [0.717, 1.165) is 16.7 Å². The molecule has 0 saturated heterocycles. The van der Waals surface area contributed by atoms with Crippen LogP contribution in [0.2, 0.25) is 0 Å². The molecule has 3 nitrogen and oxygen atoms in total. The Morgan fingerprint density at radius 1 is 1.31 bits per heavy atom. The number of benzene rings is 1. The second kappa shape index (κ2) is 3.37. The maximum absolute atomic E-state index is 11.3. The van der Waals surface area contributed by atoms with Gasteiger partial charge in [0.15, 0.2) is 5.78 Å². The average molecular weight is 212 g/mol. The van der Waals surface area contributed by atoms with Crippen LogP contribution in [0.4, 0.5) is 0 Å². The Balaban J connectivity index is 2.15. The minimum absolute atomic E-state index is 0.0699. The number of rotatable bonds is 2. The molecule has 0 amide bonds. The van der Waals surface area contributed by atoms with Gasteiger partial charge in [-0.1, -0.05) is 0 Å². The molecule has 1 heterocycles. The number of carbonyl (C=O) groups is 1. The predicted molar refractivity (Wildman–Crippen MR) is 61.5 cm³/mol. The number of hydrogen-bond acceptors (Lipinski definition) is 3. The monoisotopic (exact) mass is 212 g/mol. The fraction of sp³-hybridized carbons (Fsp3) is 0.308. The van der Waals surface area contributed by atoms with Crippen LogP contribution < -0.4 is 0 Å². The molecule has 0 unspecified atom stereocenters. The standard InChI is InChI=1S/C13H12N2O/c1-8(16)10-4-5-11-12(6-10)15-13(7-14-11)9-2-3-9/h4-7,9H,2-3H2,1H3. The van der Waals surface area contributed by atoms with E-state index < -0.39 is 0 Å². The maximum Gasteiger partial charge on any atom is 0.159 e. The van der Waals surface area contributed by atoms with Crippen LogP contribution in [-0.2, 0) is 0 Å². The minimum Gasteiger partial charge on any atom is -0.295 e. The quantitative estimate of drug-likeness (QED) is 0.719. The maximum atomic E-state index is 11.3. The molecule has 0 atom stereocenters. The van der Waals surface area contributed by atoms with Crippen molar-refractivity contribution in [3.8, 4) is 0 Å². The zero-order valence-corrected chi connectivity index (χ0v) is 9.10. The summed E-state index contributed by atoms with van der Waals surface area (Å²) in [6, 6.07) is 5.49. The molecule has 0 radical (unpaired) electrons. The van der Waals surface area contributed by atoms with Crippen molar-refractivity contribution in [1.82, 2.24) is 9.97 Å². The molecule has 0 aliphatic heterocycles. The van der Waals surface area contributed by atoms with Gasteiger partial charge in [0.1, 0.15) is 0 Å². The van der Waals surface area contributed by atoms with Crippen molar-refractivity contribution in [3.05, 3.63) is 35.7 Å². The molecule has 1 aliphatic rings. The van der Waals surface area contributed by atoms with Crippen molar-refractivity contribution in [1.29, 1.82) is 0 Å². The van der Waals surface area contributed by atoms with Crippen molar-refractivity contribution in [3.63, 3.8) is 0 Å². The molecule has 1 aromatic heterocycles. The third-order valence-electron chi connectivity index (χ3n) is 2.96. The van der Waals surface area contributed by atoms with Crippen LogP contribution in [0.5, 0.6) is 0 Å². The summed E-state index contributed by atoms with van der Waals surface area (Å²) in [7, 11) is 0. The van der Waals surface area contributed by atoms with Crippen molar-refractivity contribution >= 4 is 16.8 Å². The van der Waals surface area contributed by atoms with E-state index in [2.05, 4.69) is 9.97 Å². The average Bonchev–Trinajstić information content (AvgIpc) is 3.11. The van der Waals surface area contributed by atoms with Gasteiger partial charge in [0, 0.05) is 17.7 Å². The van der Waals surface area contributed by atoms with Crippen molar-refractivity contribution in [2.75, 3.05) is 0 Å². The Hall–Kier alpha value is -1.77. The SMILES string of the molecule is CC(=O)c1ccc2ncc(C3CC3)nc2c1. The van der Waals surface area contributed by atoms with Crippen LogP contribution in [0.25, 0.3) is 11.0 Å². The van der Waals surface area contributed by atoms with Gasteiger partial charge >= 0.3 is 0 Å². The van der Waals surface area contributed by atoms with E-state index in [0.29, 0.717) is 11.5 Å². The van der Waals surface area contributed by atoms with E-state index in [1.807, 2.05) is 18.3 Å². The molecule has 1 aliphatic carbocycles. The minimum atomic E-state index is 0.0699. The summed E-state index contributed by atoms with van der Waals surface area (Å²) >= 11 is 0. The first-order valence-corrected chi connectivity index (χ1v) is 5.52. The van der Waals surface area contributed by atoms with Gasteiger partial charge in [0.05, 0.1) is 16.7 Å². The Bertz CT molecular complexity index is 573. The first-order valence-electron chi connectivity index (χ1n) is 5.52. The third kappa shape index (κ3) is 1.58. The molecule has 80 valence electrons. The molecular weight excluding hydrogens is 200 g/mol. The van der Waals surface area contributed by atoms with Crippen molar-refractivity contribution in [2.45, 2.75) is 25.7 Å².